The van der Waals surface area contributed by atoms with Crippen molar-refractivity contribution < 1.29 is 20.1 Å². The van der Waals surface area contributed by atoms with E-state index in [0.29, 0.717) is 6.61 Å². The molecule has 0 aliphatic carbocycles. The molecule has 0 fully saturated rings. The average Bonchev–Trinajstić information content (AvgIpc) is 2.50. The van der Waals surface area contributed by atoms with Gasteiger partial charge < -0.3 is 20.1 Å². The normalized spacial score (nSPS) is 15.7. The number of aliphatic hydroxyl groups excluding tert-OH is 3. The van der Waals surface area contributed by atoms with Crippen LogP contribution in [0.15, 0.2) is 0 Å². The molecule has 0 aromatic carbocycles. The summed E-state index contributed by atoms with van der Waals surface area (Å²) in [7, 11) is 0. The number of rotatable bonds is 16. The summed E-state index contributed by atoms with van der Waals surface area (Å²) in [6.45, 7) is 4.23. The van der Waals surface area contributed by atoms with Gasteiger partial charge in [0.2, 0.25) is 0 Å². The Morgan fingerprint density at radius 3 is 1.77 bits per heavy atom. The molecule has 0 saturated carbocycles. The lowest BCUT2D eigenvalue weighted by molar-refractivity contribution is -0.0605. The molecule has 22 heavy (non-hydrogen) atoms. The Hall–Kier alpha value is -0.160. The minimum absolute atomic E-state index is 0.284. The van der Waals surface area contributed by atoms with Gasteiger partial charge in [0.25, 0.3) is 0 Å². The molecule has 4 nitrogen and oxygen atoms in total. The van der Waals surface area contributed by atoms with Gasteiger partial charge in [-0.2, -0.15) is 0 Å². The Morgan fingerprint density at radius 2 is 1.32 bits per heavy atom. The molecule has 4 heteroatoms. The summed E-state index contributed by atoms with van der Waals surface area (Å²) < 4.78 is 5.63. The van der Waals surface area contributed by atoms with Crippen LogP contribution in [-0.2, 0) is 4.74 Å². The highest BCUT2D eigenvalue weighted by atomic mass is 16.5. The standard InChI is InChI=1S/C18H38O4/c1-3-4-5-6-7-8-9-10-11-12-13-22-18(16(2)20)14-17(21)15-19/h16-21H,3-15H2,1-2H3. The molecule has 3 N–H and O–H groups in total. The molecule has 0 aromatic rings. The molecule has 3 atom stereocenters. The molecule has 0 bridgehead atoms. The van der Waals surface area contributed by atoms with Crippen LogP contribution in [-0.4, -0.2) is 46.8 Å². The van der Waals surface area contributed by atoms with Crippen LogP contribution in [0.3, 0.4) is 0 Å². The SMILES string of the molecule is CCCCCCCCCCCCOC(CC(O)CO)C(C)O. The lowest BCUT2D eigenvalue weighted by Gasteiger charge is -2.22. The fourth-order valence-electron chi connectivity index (χ4n) is 2.57. The van der Waals surface area contributed by atoms with Gasteiger partial charge in [0.05, 0.1) is 24.9 Å². The summed E-state index contributed by atoms with van der Waals surface area (Å²) in [6, 6.07) is 0. The van der Waals surface area contributed by atoms with Crippen molar-refractivity contribution in [2.75, 3.05) is 13.2 Å². The Morgan fingerprint density at radius 1 is 0.818 bits per heavy atom. The van der Waals surface area contributed by atoms with Gasteiger partial charge in [-0.15, -0.1) is 0 Å². The third kappa shape index (κ3) is 13.5. The maximum absolute atomic E-state index is 9.60. The van der Waals surface area contributed by atoms with Crippen molar-refractivity contribution in [1.82, 2.24) is 0 Å². The van der Waals surface area contributed by atoms with Crippen molar-refractivity contribution in [2.24, 2.45) is 0 Å². The van der Waals surface area contributed by atoms with Gasteiger partial charge in [-0.05, 0) is 13.3 Å². The molecular weight excluding hydrogens is 280 g/mol. The monoisotopic (exact) mass is 318 g/mol. The van der Waals surface area contributed by atoms with Crippen molar-refractivity contribution in [2.45, 2.75) is 103 Å². The Balaban J connectivity index is 3.42. The molecule has 134 valence electrons. The van der Waals surface area contributed by atoms with E-state index in [2.05, 4.69) is 6.92 Å². The Bertz CT molecular complexity index is 221. The molecule has 0 radical (unpaired) electrons. The summed E-state index contributed by atoms with van der Waals surface area (Å²) in [5.74, 6) is 0. The van der Waals surface area contributed by atoms with Gasteiger partial charge in [0.15, 0.2) is 0 Å². The van der Waals surface area contributed by atoms with Crippen molar-refractivity contribution in [3.63, 3.8) is 0 Å². The van der Waals surface area contributed by atoms with Crippen LogP contribution in [0.1, 0.15) is 84.5 Å². The lowest BCUT2D eigenvalue weighted by atomic mass is 10.1. The third-order valence-corrected chi connectivity index (χ3v) is 4.08. The minimum atomic E-state index is -0.813. The highest BCUT2D eigenvalue weighted by Gasteiger charge is 2.19. The number of aliphatic hydroxyl groups is 3. The van der Waals surface area contributed by atoms with Crippen molar-refractivity contribution in [1.29, 1.82) is 0 Å². The van der Waals surface area contributed by atoms with Gasteiger partial charge in [-0.3, -0.25) is 0 Å². The highest BCUT2D eigenvalue weighted by molar-refractivity contribution is 4.69. The van der Waals surface area contributed by atoms with Crippen LogP contribution in [0.5, 0.6) is 0 Å². The largest absolute Gasteiger partial charge is 0.394 e. The van der Waals surface area contributed by atoms with Gasteiger partial charge >= 0.3 is 0 Å². The zero-order valence-corrected chi connectivity index (χ0v) is 14.7. The van der Waals surface area contributed by atoms with Crippen molar-refractivity contribution in [3.05, 3.63) is 0 Å². The van der Waals surface area contributed by atoms with Crippen LogP contribution >= 0.6 is 0 Å². The zero-order valence-electron chi connectivity index (χ0n) is 14.7. The van der Waals surface area contributed by atoms with E-state index in [0.717, 1.165) is 12.8 Å². The summed E-state index contributed by atoms with van der Waals surface area (Å²) in [6.07, 6.45) is 11.3. The predicted molar refractivity (Wildman–Crippen MR) is 91.0 cm³/mol. The molecule has 0 amide bonds. The highest BCUT2D eigenvalue weighted by Crippen LogP contribution is 2.12. The second-order valence-electron chi connectivity index (χ2n) is 6.40. The van der Waals surface area contributed by atoms with Gasteiger partial charge in [-0.25, -0.2) is 0 Å². The molecule has 0 spiro atoms. The van der Waals surface area contributed by atoms with Crippen LogP contribution in [0.4, 0.5) is 0 Å². The smallest absolute Gasteiger partial charge is 0.0856 e. The number of hydrogen-bond acceptors (Lipinski definition) is 4. The second kappa shape index (κ2) is 15.7. The molecular formula is C18H38O4. The van der Waals surface area contributed by atoms with E-state index in [-0.39, 0.29) is 19.1 Å². The van der Waals surface area contributed by atoms with Gasteiger partial charge in [0.1, 0.15) is 0 Å². The quantitative estimate of drug-likeness (QED) is 0.381. The molecule has 0 aliphatic heterocycles. The maximum Gasteiger partial charge on any atom is 0.0856 e. The first-order chi connectivity index (χ1) is 10.6. The third-order valence-electron chi connectivity index (χ3n) is 4.08. The van der Waals surface area contributed by atoms with Crippen LogP contribution < -0.4 is 0 Å². The first-order valence-corrected chi connectivity index (χ1v) is 9.20. The van der Waals surface area contributed by atoms with Crippen LogP contribution in [0, 0.1) is 0 Å². The maximum atomic E-state index is 9.60. The van der Waals surface area contributed by atoms with Crippen molar-refractivity contribution in [3.8, 4) is 0 Å². The van der Waals surface area contributed by atoms with Gasteiger partial charge in [-0.1, -0.05) is 64.7 Å². The van der Waals surface area contributed by atoms with E-state index in [1.165, 1.54) is 51.4 Å². The molecule has 0 aromatic heterocycles. The zero-order chi connectivity index (χ0) is 16.6. The van der Waals surface area contributed by atoms with Crippen molar-refractivity contribution >= 4 is 0 Å². The minimum Gasteiger partial charge on any atom is -0.394 e. The Labute approximate surface area is 136 Å². The first kappa shape index (κ1) is 21.8. The van der Waals surface area contributed by atoms with E-state index in [1.807, 2.05) is 0 Å². The lowest BCUT2D eigenvalue weighted by Crippen LogP contribution is -2.32. The number of unbranched alkanes of at least 4 members (excludes halogenated alkanes) is 9. The Kier molecular flexibility index (Phi) is 15.6. The fourth-order valence-corrected chi connectivity index (χ4v) is 2.57. The first-order valence-electron chi connectivity index (χ1n) is 9.20. The van der Waals surface area contributed by atoms with Crippen LogP contribution in [0.2, 0.25) is 0 Å². The summed E-state index contributed by atoms with van der Waals surface area (Å²) in [4.78, 5) is 0. The topological polar surface area (TPSA) is 69.9 Å². The summed E-state index contributed by atoms with van der Waals surface area (Å²) in [5, 5.41) is 27.9. The van der Waals surface area contributed by atoms with E-state index in [1.54, 1.807) is 6.92 Å². The van der Waals surface area contributed by atoms with E-state index in [9.17, 15) is 10.2 Å². The van der Waals surface area contributed by atoms with Gasteiger partial charge in [0, 0.05) is 13.0 Å². The average molecular weight is 318 g/mol. The number of hydrogen-bond donors (Lipinski definition) is 3. The molecule has 3 unspecified atom stereocenters. The van der Waals surface area contributed by atoms with Crippen LogP contribution in [0.25, 0.3) is 0 Å². The predicted octanol–water partition coefficient (Wildman–Crippen LogP) is 3.42. The van der Waals surface area contributed by atoms with E-state index in [4.69, 9.17) is 9.84 Å². The molecule has 0 aliphatic rings. The summed E-state index contributed by atoms with van der Waals surface area (Å²) in [5.41, 5.74) is 0. The molecule has 0 saturated heterocycles. The number of ether oxygens (including phenoxy) is 1. The second-order valence-corrected chi connectivity index (χ2v) is 6.40. The molecule has 0 rings (SSSR count). The van der Waals surface area contributed by atoms with E-state index >= 15 is 0 Å². The fraction of sp³-hybridized carbons (Fsp3) is 1.00. The van der Waals surface area contributed by atoms with E-state index < -0.39 is 12.2 Å². The summed E-state index contributed by atoms with van der Waals surface area (Å²) >= 11 is 0. The molecule has 0 heterocycles.